The van der Waals surface area contributed by atoms with Gasteiger partial charge in [-0.3, -0.25) is 0 Å². The lowest BCUT2D eigenvalue weighted by Crippen LogP contribution is -2.53. The zero-order valence-corrected chi connectivity index (χ0v) is 12.1. The zero-order valence-electron chi connectivity index (χ0n) is 11.2. The molecule has 0 saturated carbocycles. The number of urea groups is 1. The summed E-state index contributed by atoms with van der Waals surface area (Å²) in [6.45, 7) is 0.476. The highest BCUT2D eigenvalue weighted by atomic mass is 32.2. The van der Waals surface area contributed by atoms with E-state index in [0.29, 0.717) is 25.8 Å². The fourth-order valence-corrected chi connectivity index (χ4v) is 4.59. The van der Waals surface area contributed by atoms with Crippen LogP contribution in [0.4, 0.5) is 4.79 Å². The van der Waals surface area contributed by atoms with Gasteiger partial charge in [0, 0.05) is 13.1 Å². The Morgan fingerprint density at radius 3 is 2.55 bits per heavy atom. The number of nitrogens with zero attached hydrogens (tertiary/aromatic N) is 1. The third-order valence-electron chi connectivity index (χ3n) is 3.99. The molecule has 2 aliphatic heterocycles. The molecule has 0 aliphatic carbocycles. The first-order chi connectivity index (χ1) is 9.42. The van der Waals surface area contributed by atoms with Crippen molar-refractivity contribution in [2.75, 3.05) is 18.8 Å². The van der Waals surface area contributed by atoms with Gasteiger partial charge >= 0.3 is 12.0 Å². The van der Waals surface area contributed by atoms with Crippen LogP contribution in [0.5, 0.6) is 0 Å². The molecular weight excluding hydrogens is 284 g/mol. The lowest BCUT2D eigenvalue weighted by Gasteiger charge is -2.33. The summed E-state index contributed by atoms with van der Waals surface area (Å²) in [4.78, 5) is 24.5. The number of piperidine rings is 1. The number of amides is 2. The largest absolute Gasteiger partial charge is 0.480 e. The van der Waals surface area contributed by atoms with Crippen molar-refractivity contribution in [3.05, 3.63) is 0 Å². The number of carboxylic acid groups (broad SMARTS) is 1. The van der Waals surface area contributed by atoms with Crippen LogP contribution in [-0.2, 0) is 14.6 Å². The van der Waals surface area contributed by atoms with E-state index in [1.165, 1.54) is 4.90 Å². The Morgan fingerprint density at radius 2 is 1.95 bits per heavy atom. The highest BCUT2D eigenvalue weighted by Crippen LogP contribution is 2.20. The topological polar surface area (TPSA) is 104 Å². The first-order valence-corrected chi connectivity index (χ1v) is 8.62. The molecule has 0 aromatic heterocycles. The van der Waals surface area contributed by atoms with E-state index in [4.69, 9.17) is 5.11 Å². The minimum Gasteiger partial charge on any atom is -0.480 e. The molecule has 2 aliphatic rings. The van der Waals surface area contributed by atoms with Crippen LogP contribution in [0, 0.1) is 0 Å². The molecule has 0 aromatic rings. The number of sulfone groups is 1. The number of carbonyl (C=O) groups is 2. The summed E-state index contributed by atoms with van der Waals surface area (Å²) >= 11 is 0. The highest BCUT2D eigenvalue weighted by molar-refractivity contribution is 7.92. The minimum atomic E-state index is -3.09. The average molecular weight is 304 g/mol. The van der Waals surface area contributed by atoms with Gasteiger partial charge in [-0.05, 0) is 32.1 Å². The zero-order chi connectivity index (χ0) is 14.8. The van der Waals surface area contributed by atoms with Crippen LogP contribution in [-0.4, -0.2) is 60.6 Å². The Hall–Kier alpha value is -1.31. The maximum absolute atomic E-state index is 12.0. The maximum atomic E-state index is 12.0. The van der Waals surface area contributed by atoms with Crippen molar-refractivity contribution in [1.82, 2.24) is 10.2 Å². The molecule has 7 nitrogen and oxygen atoms in total. The highest BCUT2D eigenvalue weighted by Gasteiger charge is 2.34. The molecule has 114 valence electrons. The minimum absolute atomic E-state index is 0.0734. The first-order valence-electron chi connectivity index (χ1n) is 6.90. The summed E-state index contributed by atoms with van der Waals surface area (Å²) in [7, 11) is -3.09. The van der Waals surface area contributed by atoms with Gasteiger partial charge in [0.2, 0.25) is 0 Å². The van der Waals surface area contributed by atoms with Crippen molar-refractivity contribution in [2.45, 2.75) is 43.4 Å². The summed E-state index contributed by atoms with van der Waals surface area (Å²) in [5.74, 6) is -0.831. The van der Waals surface area contributed by atoms with E-state index in [-0.39, 0.29) is 12.3 Å². The van der Waals surface area contributed by atoms with E-state index in [1.807, 2.05) is 0 Å². The number of rotatable bonds is 3. The van der Waals surface area contributed by atoms with Crippen LogP contribution >= 0.6 is 0 Å². The molecule has 8 heteroatoms. The van der Waals surface area contributed by atoms with Gasteiger partial charge < -0.3 is 15.3 Å². The molecule has 2 amide bonds. The lowest BCUT2D eigenvalue weighted by atomic mass is 10.0. The van der Waals surface area contributed by atoms with Gasteiger partial charge in [-0.1, -0.05) is 0 Å². The molecule has 2 unspecified atom stereocenters. The van der Waals surface area contributed by atoms with Gasteiger partial charge in [0.25, 0.3) is 0 Å². The number of likely N-dealkylation sites (tertiary alicyclic amines) is 1. The van der Waals surface area contributed by atoms with Crippen LogP contribution in [0.1, 0.15) is 32.1 Å². The Bertz CT molecular complexity index is 490. The Kier molecular flexibility index (Phi) is 4.52. The van der Waals surface area contributed by atoms with E-state index in [1.54, 1.807) is 0 Å². The molecule has 2 saturated heterocycles. The van der Waals surface area contributed by atoms with Gasteiger partial charge in [0.05, 0.1) is 11.0 Å². The van der Waals surface area contributed by atoms with Gasteiger partial charge in [0.15, 0.2) is 9.84 Å². The number of nitrogens with one attached hydrogen (secondary N) is 1. The molecule has 2 fully saturated rings. The number of hydrogen-bond donors (Lipinski definition) is 2. The van der Waals surface area contributed by atoms with Crippen LogP contribution in [0.3, 0.4) is 0 Å². The van der Waals surface area contributed by atoms with Gasteiger partial charge in [0.1, 0.15) is 6.04 Å². The SMILES string of the molecule is O=C(O)C1CCCCN1C(=O)NCC1CCCS1(=O)=O. The molecule has 20 heavy (non-hydrogen) atoms. The first kappa shape index (κ1) is 15.1. The van der Waals surface area contributed by atoms with Crippen LogP contribution in [0.15, 0.2) is 0 Å². The number of carboxylic acids is 1. The average Bonchev–Trinajstić information content (AvgIpc) is 2.75. The van der Waals surface area contributed by atoms with Gasteiger partial charge in [-0.25, -0.2) is 18.0 Å². The molecule has 2 heterocycles. The predicted molar refractivity (Wildman–Crippen MR) is 72.2 cm³/mol. The van der Waals surface area contributed by atoms with E-state index in [0.717, 1.165) is 12.8 Å². The van der Waals surface area contributed by atoms with Crippen molar-refractivity contribution < 1.29 is 23.1 Å². The van der Waals surface area contributed by atoms with Crippen LogP contribution < -0.4 is 5.32 Å². The molecular formula is C12H20N2O5S. The predicted octanol–water partition coefficient (Wildman–Crippen LogP) is 0.212. The van der Waals surface area contributed by atoms with E-state index in [9.17, 15) is 18.0 Å². The molecule has 0 bridgehead atoms. The van der Waals surface area contributed by atoms with Crippen molar-refractivity contribution >= 4 is 21.8 Å². The molecule has 0 spiro atoms. The normalized spacial score (nSPS) is 29.1. The summed E-state index contributed by atoms with van der Waals surface area (Å²) in [6, 6.07) is -1.27. The Morgan fingerprint density at radius 1 is 1.20 bits per heavy atom. The number of hydrogen-bond acceptors (Lipinski definition) is 4. The molecule has 2 atom stereocenters. The van der Waals surface area contributed by atoms with Crippen molar-refractivity contribution in [3.63, 3.8) is 0 Å². The van der Waals surface area contributed by atoms with Crippen LogP contribution in [0.2, 0.25) is 0 Å². The van der Waals surface area contributed by atoms with E-state index in [2.05, 4.69) is 5.32 Å². The number of carbonyl (C=O) groups excluding carboxylic acids is 1. The second-order valence-electron chi connectivity index (χ2n) is 5.36. The van der Waals surface area contributed by atoms with Crippen molar-refractivity contribution in [2.24, 2.45) is 0 Å². The van der Waals surface area contributed by atoms with Crippen molar-refractivity contribution in [3.8, 4) is 0 Å². The van der Waals surface area contributed by atoms with Crippen LogP contribution in [0.25, 0.3) is 0 Å². The monoisotopic (exact) mass is 304 g/mol. The maximum Gasteiger partial charge on any atom is 0.326 e. The molecule has 0 radical (unpaired) electrons. The summed E-state index contributed by atoms with van der Waals surface area (Å²) < 4.78 is 23.3. The number of aliphatic carboxylic acids is 1. The standard InChI is InChI=1S/C12H20N2O5S/c15-11(16)10-5-1-2-6-14(10)12(17)13-8-9-4-3-7-20(9,18)19/h9-10H,1-8H2,(H,13,17)(H,15,16). The van der Waals surface area contributed by atoms with Gasteiger partial charge in [-0.15, -0.1) is 0 Å². The lowest BCUT2D eigenvalue weighted by molar-refractivity contribution is -0.143. The van der Waals surface area contributed by atoms with E-state index < -0.39 is 33.1 Å². The second kappa shape index (κ2) is 5.99. The molecule has 0 aromatic carbocycles. The molecule has 2 N–H and O–H groups in total. The smallest absolute Gasteiger partial charge is 0.326 e. The molecule has 2 rings (SSSR count). The quantitative estimate of drug-likeness (QED) is 0.776. The summed E-state index contributed by atoms with van der Waals surface area (Å²) in [6.07, 6.45) is 3.20. The Balaban J connectivity index is 1.92. The van der Waals surface area contributed by atoms with Crippen molar-refractivity contribution in [1.29, 1.82) is 0 Å². The fraction of sp³-hybridized carbons (Fsp3) is 0.833. The Labute approximate surface area is 118 Å². The fourth-order valence-electron chi connectivity index (χ4n) is 2.82. The third kappa shape index (κ3) is 3.23. The van der Waals surface area contributed by atoms with Gasteiger partial charge in [-0.2, -0.15) is 0 Å². The van der Waals surface area contributed by atoms with E-state index >= 15 is 0 Å². The third-order valence-corrected chi connectivity index (χ3v) is 6.27. The summed E-state index contributed by atoms with van der Waals surface area (Å²) in [5, 5.41) is 11.2. The second-order valence-corrected chi connectivity index (χ2v) is 7.76. The summed E-state index contributed by atoms with van der Waals surface area (Å²) in [5.41, 5.74) is 0.